The predicted octanol–water partition coefficient (Wildman–Crippen LogP) is 1.77. The van der Waals surface area contributed by atoms with Crippen LogP contribution in [0.2, 0.25) is 0 Å². The molecule has 2 N–H and O–H groups in total. The number of nitrogens with zero attached hydrogens (tertiary/aromatic N) is 2. The summed E-state index contributed by atoms with van der Waals surface area (Å²) in [4.78, 5) is 30.4. The first-order valence-corrected chi connectivity index (χ1v) is 7.72. The summed E-state index contributed by atoms with van der Waals surface area (Å²) in [5, 5.41) is 0.697. The number of hydrogen-bond donors (Lipinski definition) is 1. The number of amides is 1. The third-order valence-electron chi connectivity index (χ3n) is 3.98. The van der Waals surface area contributed by atoms with Crippen LogP contribution in [0.15, 0.2) is 11.1 Å². The molecule has 20 heavy (non-hydrogen) atoms. The van der Waals surface area contributed by atoms with E-state index in [1.165, 1.54) is 28.6 Å². The summed E-state index contributed by atoms with van der Waals surface area (Å²) in [6.07, 6.45) is 6.89. The average molecular weight is 291 g/mol. The van der Waals surface area contributed by atoms with Gasteiger partial charge in [-0.15, -0.1) is 11.3 Å². The van der Waals surface area contributed by atoms with Crippen LogP contribution >= 0.6 is 11.3 Å². The van der Waals surface area contributed by atoms with Crippen molar-refractivity contribution in [1.29, 1.82) is 0 Å². The minimum atomic E-state index is -0.666. The second kappa shape index (κ2) is 5.01. The molecule has 1 amide bonds. The molecule has 0 aliphatic heterocycles. The Bertz CT molecular complexity index is 732. The van der Waals surface area contributed by atoms with Gasteiger partial charge in [0.05, 0.1) is 11.7 Å². The smallest absolute Gasteiger partial charge is 0.263 e. The van der Waals surface area contributed by atoms with Crippen LogP contribution in [0.25, 0.3) is 10.2 Å². The Labute approximate surface area is 120 Å². The molecule has 2 heterocycles. The fraction of sp³-hybridized carbons (Fsp3) is 0.500. The Morgan fingerprint density at radius 1 is 1.40 bits per heavy atom. The molecular formula is C14H17N3O2S. The number of carbonyl (C=O) groups is 1. The van der Waals surface area contributed by atoms with Gasteiger partial charge >= 0.3 is 0 Å². The molecule has 0 bridgehead atoms. The number of rotatable bonds is 2. The van der Waals surface area contributed by atoms with Crippen molar-refractivity contribution in [1.82, 2.24) is 9.55 Å². The molecule has 0 fully saturated rings. The van der Waals surface area contributed by atoms with Gasteiger partial charge in [-0.05, 0) is 38.2 Å². The summed E-state index contributed by atoms with van der Waals surface area (Å²) in [5.74, 6) is -0.519. The maximum absolute atomic E-state index is 12.6. The summed E-state index contributed by atoms with van der Waals surface area (Å²) in [7, 11) is 0. The van der Waals surface area contributed by atoms with E-state index in [1.54, 1.807) is 18.3 Å². The zero-order valence-corrected chi connectivity index (χ0v) is 12.2. The summed E-state index contributed by atoms with van der Waals surface area (Å²) in [5.41, 5.74) is 6.30. The van der Waals surface area contributed by atoms with E-state index in [1.807, 2.05) is 0 Å². The lowest BCUT2D eigenvalue weighted by Gasteiger charge is -2.10. The molecule has 0 spiro atoms. The lowest BCUT2D eigenvalue weighted by atomic mass is 10.1. The molecule has 0 saturated carbocycles. The number of fused-ring (bicyclic) bond motifs is 3. The van der Waals surface area contributed by atoms with Crippen molar-refractivity contribution in [2.75, 3.05) is 0 Å². The summed E-state index contributed by atoms with van der Waals surface area (Å²) in [6, 6.07) is -0.666. The van der Waals surface area contributed by atoms with E-state index in [4.69, 9.17) is 5.73 Å². The molecule has 0 radical (unpaired) electrons. The monoisotopic (exact) mass is 291 g/mol. The van der Waals surface area contributed by atoms with Crippen LogP contribution in [0.1, 0.15) is 42.7 Å². The van der Waals surface area contributed by atoms with Gasteiger partial charge in [0.1, 0.15) is 10.9 Å². The summed E-state index contributed by atoms with van der Waals surface area (Å²) in [6.45, 7) is 1.63. The van der Waals surface area contributed by atoms with E-state index in [-0.39, 0.29) is 5.56 Å². The van der Waals surface area contributed by atoms with Crippen LogP contribution in [0.3, 0.4) is 0 Å². The zero-order valence-electron chi connectivity index (χ0n) is 11.4. The van der Waals surface area contributed by atoms with Gasteiger partial charge in [0, 0.05) is 4.88 Å². The van der Waals surface area contributed by atoms with Gasteiger partial charge in [0.2, 0.25) is 5.91 Å². The molecule has 0 saturated heterocycles. The Kier molecular flexibility index (Phi) is 3.33. The van der Waals surface area contributed by atoms with Gasteiger partial charge in [-0.1, -0.05) is 6.42 Å². The van der Waals surface area contributed by atoms with Crippen LogP contribution in [0.5, 0.6) is 0 Å². The van der Waals surface area contributed by atoms with Crippen LogP contribution < -0.4 is 11.3 Å². The van der Waals surface area contributed by atoms with E-state index < -0.39 is 11.9 Å². The van der Waals surface area contributed by atoms with Gasteiger partial charge in [0.15, 0.2) is 0 Å². The van der Waals surface area contributed by atoms with Gasteiger partial charge < -0.3 is 5.73 Å². The quantitative estimate of drug-likeness (QED) is 0.857. The minimum absolute atomic E-state index is 0.138. The molecule has 3 rings (SSSR count). The zero-order chi connectivity index (χ0) is 14.3. The van der Waals surface area contributed by atoms with Gasteiger partial charge in [-0.2, -0.15) is 0 Å². The molecule has 2 aromatic rings. The Morgan fingerprint density at radius 2 is 2.15 bits per heavy atom. The number of nitrogens with two attached hydrogens (primary N) is 1. The predicted molar refractivity (Wildman–Crippen MR) is 79.0 cm³/mol. The normalized spacial score (nSPS) is 16.6. The van der Waals surface area contributed by atoms with Crippen LogP contribution in [-0.4, -0.2) is 15.5 Å². The number of hydrogen-bond acceptors (Lipinski definition) is 4. The van der Waals surface area contributed by atoms with E-state index >= 15 is 0 Å². The van der Waals surface area contributed by atoms with Crippen LogP contribution in [0.4, 0.5) is 0 Å². The van der Waals surface area contributed by atoms with Crippen molar-refractivity contribution in [3.8, 4) is 0 Å². The van der Waals surface area contributed by atoms with Gasteiger partial charge in [-0.3, -0.25) is 14.2 Å². The second-order valence-corrected chi connectivity index (χ2v) is 6.36. The highest BCUT2D eigenvalue weighted by Gasteiger charge is 2.21. The highest BCUT2D eigenvalue weighted by Crippen LogP contribution is 2.32. The molecule has 2 aromatic heterocycles. The lowest BCUT2D eigenvalue weighted by Crippen LogP contribution is -2.32. The van der Waals surface area contributed by atoms with Gasteiger partial charge in [0.25, 0.3) is 5.56 Å². The van der Waals surface area contributed by atoms with Crippen molar-refractivity contribution in [3.05, 3.63) is 27.1 Å². The number of aromatic nitrogens is 2. The number of carbonyl (C=O) groups excluding carboxylic acids is 1. The highest BCUT2D eigenvalue weighted by atomic mass is 32.1. The number of primary amides is 1. The molecule has 1 aliphatic carbocycles. The Hall–Kier alpha value is -1.69. The first kappa shape index (κ1) is 13.3. The topological polar surface area (TPSA) is 78.0 Å². The fourth-order valence-electron chi connectivity index (χ4n) is 2.75. The minimum Gasteiger partial charge on any atom is -0.368 e. The highest BCUT2D eigenvalue weighted by molar-refractivity contribution is 7.18. The second-order valence-electron chi connectivity index (χ2n) is 5.28. The van der Waals surface area contributed by atoms with E-state index in [2.05, 4.69) is 4.98 Å². The van der Waals surface area contributed by atoms with E-state index in [0.717, 1.165) is 29.7 Å². The lowest BCUT2D eigenvalue weighted by molar-refractivity contribution is -0.120. The summed E-state index contributed by atoms with van der Waals surface area (Å²) >= 11 is 1.62. The van der Waals surface area contributed by atoms with Gasteiger partial charge in [-0.25, -0.2) is 4.98 Å². The molecule has 1 aliphatic rings. The molecule has 0 aromatic carbocycles. The molecule has 5 nitrogen and oxygen atoms in total. The van der Waals surface area contributed by atoms with E-state index in [0.29, 0.717) is 5.39 Å². The van der Waals surface area contributed by atoms with Crippen molar-refractivity contribution < 1.29 is 4.79 Å². The van der Waals surface area contributed by atoms with Crippen molar-refractivity contribution in [2.24, 2.45) is 5.73 Å². The van der Waals surface area contributed by atoms with Crippen LogP contribution in [0, 0.1) is 0 Å². The fourth-order valence-corrected chi connectivity index (χ4v) is 3.97. The van der Waals surface area contributed by atoms with Crippen molar-refractivity contribution in [3.63, 3.8) is 0 Å². The number of aryl methyl sites for hydroxylation is 2. The van der Waals surface area contributed by atoms with E-state index in [9.17, 15) is 9.59 Å². The Balaban J connectivity index is 2.24. The Morgan fingerprint density at radius 3 is 2.90 bits per heavy atom. The van der Waals surface area contributed by atoms with Crippen molar-refractivity contribution >= 4 is 27.5 Å². The summed E-state index contributed by atoms with van der Waals surface area (Å²) < 4.78 is 1.35. The van der Waals surface area contributed by atoms with Crippen molar-refractivity contribution in [2.45, 2.75) is 45.1 Å². The average Bonchev–Trinajstić information content (AvgIpc) is 2.61. The molecule has 106 valence electrons. The number of thiophene rings is 1. The maximum atomic E-state index is 12.6. The third-order valence-corrected chi connectivity index (χ3v) is 5.18. The van der Waals surface area contributed by atoms with Crippen LogP contribution in [-0.2, 0) is 17.6 Å². The maximum Gasteiger partial charge on any atom is 0.263 e. The largest absolute Gasteiger partial charge is 0.368 e. The SMILES string of the molecule is C[C@@H](C(N)=O)n1cnc2sc3c(c2c1=O)CCCCC3. The standard InChI is InChI=1S/C14H17N3O2S/c1-8(12(15)18)17-7-16-13-11(14(17)19)9-5-3-2-4-6-10(9)20-13/h7-8H,2-6H2,1H3,(H2,15,18)/t8-/m0/s1. The molecule has 1 atom stereocenters. The first-order chi connectivity index (χ1) is 9.59. The first-order valence-electron chi connectivity index (χ1n) is 6.90. The third kappa shape index (κ3) is 2.04. The molecule has 6 heteroatoms. The molecule has 0 unspecified atom stereocenters. The molecular weight excluding hydrogens is 274 g/mol.